The van der Waals surface area contributed by atoms with Crippen molar-refractivity contribution >= 4 is 16.0 Å². The van der Waals surface area contributed by atoms with Crippen molar-refractivity contribution < 1.29 is 17.8 Å². The Morgan fingerprint density at radius 1 is 0.960 bits per heavy atom. The highest BCUT2D eigenvalue weighted by Gasteiger charge is 2.06. The number of carbonyl (C=O) groups excluding carboxylic acids is 1. The molecule has 0 atom stereocenters. The number of carbonyl (C=O) groups is 1. The van der Waals surface area contributed by atoms with Gasteiger partial charge in [-0.1, -0.05) is 58.1 Å². The van der Waals surface area contributed by atoms with Crippen LogP contribution in [0.15, 0.2) is 12.2 Å². The number of amides is 1. The minimum absolute atomic E-state index is 0.0263. The third-order valence-corrected chi connectivity index (χ3v) is 4.75. The zero-order chi connectivity index (χ0) is 19.0. The van der Waals surface area contributed by atoms with Gasteiger partial charge in [-0.2, -0.15) is 8.42 Å². The van der Waals surface area contributed by atoms with Crippen LogP contribution in [-0.4, -0.2) is 31.2 Å². The molecule has 0 aromatic carbocycles. The third kappa shape index (κ3) is 21.1. The van der Waals surface area contributed by atoms with Gasteiger partial charge in [-0.15, -0.1) is 0 Å². The Balaban J connectivity index is 3.31. The minimum Gasteiger partial charge on any atom is -0.355 e. The van der Waals surface area contributed by atoms with Crippen LogP contribution in [0, 0.1) is 5.92 Å². The first-order valence-corrected chi connectivity index (χ1v) is 11.3. The van der Waals surface area contributed by atoms with E-state index in [0.29, 0.717) is 6.42 Å². The molecule has 25 heavy (non-hydrogen) atoms. The van der Waals surface area contributed by atoms with E-state index in [1.54, 1.807) is 0 Å². The maximum Gasteiger partial charge on any atom is 0.266 e. The Morgan fingerprint density at radius 2 is 1.52 bits per heavy atom. The number of hydrogen-bond acceptors (Lipinski definition) is 3. The Kier molecular flexibility index (Phi) is 14.8. The van der Waals surface area contributed by atoms with E-state index in [1.165, 1.54) is 38.5 Å². The second-order valence-corrected chi connectivity index (χ2v) is 8.66. The van der Waals surface area contributed by atoms with Crippen molar-refractivity contribution in [3.8, 4) is 0 Å². The predicted octanol–water partition coefficient (Wildman–Crippen LogP) is 4.49. The number of rotatable bonds is 16. The summed E-state index contributed by atoms with van der Waals surface area (Å²) in [6.45, 7) is 4.51. The molecule has 0 aliphatic rings. The van der Waals surface area contributed by atoms with Crippen LogP contribution in [0.4, 0.5) is 0 Å². The number of nitrogens with one attached hydrogen (secondary N) is 1. The molecule has 0 saturated carbocycles. The lowest BCUT2D eigenvalue weighted by Gasteiger charge is -2.04. The smallest absolute Gasteiger partial charge is 0.266 e. The lowest BCUT2D eigenvalue weighted by molar-refractivity contribution is -0.121. The highest BCUT2D eigenvalue weighted by Crippen LogP contribution is 2.10. The zero-order valence-electron chi connectivity index (χ0n) is 16.0. The minimum atomic E-state index is -3.99. The van der Waals surface area contributed by atoms with Gasteiger partial charge in [-0.25, -0.2) is 0 Å². The zero-order valence-corrected chi connectivity index (χ0v) is 16.8. The Hall–Kier alpha value is -0.880. The van der Waals surface area contributed by atoms with Gasteiger partial charge in [-0.05, 0) is 38.0 Å². The van der Waals surface area contributed by atoms with Crippen LogP contribution >= 0.6 is 0 Å². The van der Waals surface area contributed by atoms with E-state index in [-0.39, 0.29) is 12.5 Å². The molecule has 0 aliphatic heterocycles. The molecule has 0 bridgehead atoms. The summed E-state index contributed by atoms with van der Waals surface area (Å²) in [6, 6.07) is 0. The molecule has 0 spiro atoms. The second kappa shape index (κ2) is 15.4. The van der Waals surface area contributed by atoms with Gasteiger partial charge in [0.25, 0.3) is 10.1 Å². The van der Waals surface area contributed by atoms with E-state index in [0.717, 1.165) is 31.6 Å². The first-order valence-electron chi connectivity index (χ1n) is 9.68. The van der Waals surface area contributed by atoms with Crippen LogP contribution in [0.25, 0.3) is 0 Å². The molecule has 0 fully saturated rings. The first-order chi connectivity index (χ1) is 11.8. The van der Waals surface area contributed by atoms with E-state index in [4.69, 9.17) is 4.55 Å². The Bertz CT molecular complexity index is 458. The molecule has 2 N–H and O–H groups in total. The van der Waals surface area contributed by atoms with Gasteiger partial charge in [0.2, 0.25) is 5.91 Å². The summed E-state index contributed by atoms with van der Waals surface area (Å²) >= 11 is 0. The fraction of sp³-hybridized carbons (Fsp3) is 0.842. The average molecular weight is 376 g/mol. The molecule has 0 radical (unpaired) electrons. The Labute approximate surface area is 154 Å². The number of allylic oxidation sites excluding steroid dienone is 2. The highest BCUT2D eigenvalue weighted by atomic mass is 32.2. The molecule has 0 heterocycles. The van der Waals surface area contributed by atoms with Crippen molar-refractivity contribution in [2.45, 2.75) is 84.5 Å². The van der Waals surface area contributed by atoms with Gasteiger partial charge >= 0.3 is 0 Å². The van der Waals surface area contributed by atoms with Gasteiger partial charge < -0.3 is 5.32 Å². The van der Waals surface area contributed by atoms with Crippen LogP contribution in [0.3, 0.4) is 0 Å². The van der Waals surface area contributed by atoms with Gasteiger partial charge in [0.05, 0.1) is 5.75 Å². The summed E-state index contributed by atoms with van der Waals surface area (Å²) in [5.74, 6) is 0.236. The fourth-order valence-corrected chi connectivity index (χ4v) is 2.90. The largest absolute Gasteiger partial charge is 0.355 e. The van der Waals surface area contributed by atoms with Crippen molar-refractivity contribution in [1.82, 2.24) is 5.32 Å². The SMILES string of the molecule is CC(C)CCCC/C=C\CCCCCCCC(=O)NCCS(=O)(=O)O. The summed E-state index contributed by atoms with van der Waals surface area (Å²) < 4.78 is 29.6. The van der Waals surface area contributed by atoms with Crippen molar-refractivity contribution in [2.75, 3.05) is 12.3 Å². The van der Waals surface area contributed by atoms with Crippen molar-refractivity contribution in [3.05, 3.63) is 12.2 Å². The van der Waals surface area contributed by atoms with Crippen LogP contribution in [-0.2, 0) is 14.9 Å². The van der Waals surface area contributed by atoms with E-state index < -0.39 is 15.9 Å². The van der Waals surface area contributed by atoms with Gasteiger partial charge in [0.1, 0.15) is 0 Å². The molecule has 0 saturated heterocycles. The number of hydrogen-bond donors (Lipinski definition) is 2. The molecular formula is C19H37NO4S. The second-order valence-electron chi connectivity index (χ2n) is 7.09. The molecular weight excluding hydrogens is 338 g/mol. The van der Waals surface area contributed by atoms with Crippen molar-refractivity contribution in [3.63, 3.8) is 0 Å². The summed E-state index contributed by atoms with van der Waals surface area (Å²) in [4.78, 5) is 11.5. The van der Waals surface area contributed by atoms with Crippen LogP contribution in [0.5, 0.6) is 0 Å². The monoisotopic (exact) mass is 375 g/mol. The normalized spacial score (nSPS) is 12.2. The molecule has 0 unspecified atom stereocenters. The van der Waals surface area contributed by atoms with Gasteiger partial charge in [0.15, 0.2) is 0 Å². The summed E-state index contributed by atoms with van der Waals surface area (Å²) in [7, 11) is -3.99. The standard InChI is InChI=1S/C19H37NO4S/c1-18(2)14-12-10-8-6-4-3-5-7-9-11-13-15-19(21)20-16-17-25(22,23)24/h4,6,18H,3,5,7-17H2,1-2H3,(H,20,21)(H,22,23,24)/b6-4-. The molecule has 5 nitrogen and oxygen atoms in total. The van der Waals surface area contributed by atoms with Crippen LogP contribution in [0.1, 0.15) is 84.5 Å². The molecule has 6 heteroatoms. The molecule has 0 rings (SSSR count). The van der Waals surface area contributed by atoms with E-state index in [9.17, 15) is 13.2 Å². The van der Waals surface area contributed by atoms with Crippen LogP contribution in [0.2, 0.25) is 0 Å². The average Bonchev–Trinajstić information content (AvgIpc) is 2.50. The molecule has 0 aromatic heterocycles. The van der Waals surface area contributed by atoms with E-state index in [1.807, 2.05) is 0 Å². The van der Waals surface area contributed by atoms with Crippen molar-refractivity contribution in [1.29, 1.82) is 0 Å². The lowest BCUT2D eigenvalue weighted by Crippen LogP contribution is -2.28. The quantitative estimate of drug-likeness (QED) is 0.236. The summed E-state index contributed by atoms with van der Waals surface area (Å²) in [5, 5.41) is 2.50. The molecule has 148 valence electrons. The van der Waals surface area contributed by atoms with Gasteiger partial charge in [0, 0.05) is 13.0 Å². The summed E-state index contributed by atoms with van der Waals surface area (Å²) in [6.07, 6.45) is 16.6. The third-order valence-electron chi connectivity index (χ3n) is 4.03. The maximum atomic E-state index is 11.5. The number of unbranched alkanes of at least 4 members (excludes halogenated alkanes) is 7. The first kappa shape index (κ1) is 24.1. The fourth-order valence-electron chi connectivity index (χ4n) is 2.54. The predicted molar refractivity (Wildman–Crippen MR) is 104 cm³/mol. The lowest BCUT2D eigenvalue weighted by atomic mass is 10.0. The van der Waals surface area contributed by atoms with Crippen molar-refractivity contribution in [2.24, 2.45) is 5.92 Å². The molecule has 0 aromatic rings. The van der Waals surface area contributed by atoms with Crippen LogP contribution < -0.4 is 5.32 Å². The van der Waals surface area contributed by atoms with Gasteiger partial charge in [-0.3, -0.25) is 9.35 Å². The molecule has 1 amide bonds. The Morgan fingerprint density at radius 3 is 2.12 bits per heavy atom. The maximum absolute atomic E-state index is 11.5. The topological polar surface area (TPSA) is 83.5 Å². The van der Waals surface area contributed by atoms with E-state index in [2.05, 4.69) is 31.3 Å². The highest BCUT2D eigenvalue weighted by molar-refractivity contribution is 7.85. The molecule has 0 aliphatic carbocycles. The van der Waals surface area contributed by atoms with E-state index >= 15 is 0 Å². The summed E-state index contributed by atoms with van der Waals surface area (Å²) in [5.41, 5.74) is 0.